The summed E-state index contributed by atoms with van der Waals surface area (Å²) in [5.74, 6) is 0.0328. The third-order valence-corrected chi connectivity index (χ3v) is 2.10. The molecule has 0 saturated carbocycles. The maximum absolute atomic E-state index is 13.2. The highest BCUT2D eigenvalue weighted by atomic mass is 19.1. The molecule has 1 heterocycles. The molecular weight excluding hydrogens is 167 g/mol. The van der Waals surface area contributed by atoms with Crippen LogP contribution >= 0.6 is 0 Å². The van der Waals surface area contributed by atoms with Gasteiger partial charge in [0, 0.05) is 6.54 Å². The van der Waals surface area contributed by atoms with Gasteiger partial charge in [0.15, 0.2) is 5.82 Å². The Labute approximate surface area is 78.8 Å². The predicted octanol–water partition coefficient (Wildman–Crippen LogP) is 2.95. The van der Waals surface area contributed by atoms with Crippen LogP contribution in [0.4, 0.5) is 4.39 Å². The first-order valence-corrected chi connectivity index (χ1v) is 4.88. The Hall–Kier alpha value is -0.860. The van der Waals surface area contributed by atoms with Gasteiger partial charge in [-0.2, -0.15) is 5.10 Å². The van der Waals surface area contributed by atoms with E-state index in [1.54, 1.807) is 4.68 Å². The first kappa shape index (κ1) is 10.2. The van der Waals surface area contributed by atoms with Crippen molar-refractivity contribution < 1.29 is 4.39 Å². The lowest BCUT2D eigenvalue weighted by Crippen LogP contribution is -2.07. The van der Waals surface area contributed by atoms with Crippen LogP contribution in [-0.4, -0.2) is 9.78 Å². The zero-order valence-electron chi connectivity index (χ0n) is 8.55. The fourth-order valence-electron chi connectivity index (χ4n) is 1.43. The van der Waals surface area contributed by atoms with E-state index < -0.39 is 0 Å². The van der Waals surface area contributed by atoms with Crippen molar-refractivity contribution in [2.75, 3.05) is 0 Å². The minimum Gasteiger partial charge on any atom is -0.266 e. The molecule has 0 aliphatic heterocycles. The Balaban J connectivity index is 2.81. The molecule has 0 radical (unpaired) electrons. The lowest BCUT2D eigenvalue weighted by atomic mass is 10.1. The molecule has 0 unspecified atom stereocenters. The maximum atomic E-state index is 13.2. The molecule has 3 heteroatoms. The van der Waals surface area contributed by atoms with Crippen LogP contribution in [-0.2, 0) is 6.54 Å². The molecule has 0 fully saturated rings. The van der Waals surface area contributed by atoms with E-state index in [9.17, 15) is 4.39 Å². The molecular formula is C10H17FN2. The normalized spacial score (nSPS) is 11.2. The van der Waals surface area contributed by atoms with E-state index >= 15 is 0 Å². The Morgan fingerprint density at radius 2 is 2.23 bits per heavy atom. The van der Waals surface area contributed by atoms with Gasteiger partial charge in [0.05, 0.1) is 11.9 Å². The average Bonchev–Trinajstić information content (AvgIpc) is 2.43. The van der Waals surface area contributed by atoms with Crippen LogP contribution in [0.5, 0.6) is 0 Å². The second kappa shape index (κ2) is 4.40. The molecule has 1 aromatic rings. The fourth-order valence-corrected chi connectivity index (χ4v) is 1.43. The van der Waals surface area contributed by atoms with Crippen LogP contribution in [0.3, 0.4) is 0 Å². The van der Waals surface area contributed by atoms with Crippen molar-refractivity contribution in [3.63, 3.8) is 0 Å². The highest BCUT2D eigenvalue weighted by molar-refractivity contribution is 5.08. The van der Waals surface area contributed by atoms with E-state index in [2.05, 4.69) is 12.0 Å². The Kier molecular flexibility index (Phi) is 3.46. The van der Waals surface area contributed by atoms with Crippen LogP contribution in [0.1, 0.15) is 45.2 Å². The quantitative estimate of drug-likeness (QED) is 0.703. The number of aryl methyl sites for hydroxylation is 1. The second-order valence-corrected chi connectivity index (χ2v) is 3.61. The smallest absolute Gasteiger partial charge is 0.164 e. The molecule has 0 spiro atoms. The highest BCUT2D eigenvalue weighted by Gasteiger charge is 2.13. The van der Waals surface area contributed by atoms with E-state index in [0.29, 0.717) is 0 Å². The molecule has 0 aliphatic carbocycles. The lowest BCUT2D eigenvalue weighted by molar-refractivity contribution is 0.515. The monoisotopic (exact) mass is 184 g/mol. The summed E-state index contributed by atoms with van der Waals surface area (Å²) < 4.78 is 15.0. The summed E-state index contributed by atoms with van der Waals surface area (Å²) in [5.41, 5.74) is 0.730. The largest absolute Gasteiger partial charge is 0.266 e. The van der Waals surface area contributed by atoms with Gasteiger partial charge in [-0.1, -0.05) is 27.2 Å². The van der Waals surface area contributed by atoms with E-state index in [1.807, 2.05) is 13.8 Å². The van der Waals surface area contributed by atoms with Gasteiger partial charge in [-0.25, -0.2) is 4.39 Å². The van der Waals surface area contributed by atoms with Crippen molar-refractivity contribution >= 4 is 0 Å². The summed E-state index contributed by atoms with van der Waals surface area (Å²) in [5, 5.41) is 4.02. The SMILES string of the molecule is CCCCn1ncc(F)c1C(C)C. The number of hydrogen-bond acceptors (Lipinski definition) is 1. The zero-order chi connectivity index (χ0) is 9.84. The Morgan fingerprint density at radius 1 is 1.54 bits per heavy atom. The van der Waals surface area contributed by atoms with Gasteiger partial charge >= 0.3 is 0 Å². The second-order valence-electron chi connectivity index (χ2n) is 3.61. The van der Waals surface area contributed by atoms with Gasteiger partial charge in [0.25, 0.3) is 0 Å². The fraction of sp³-hybridized carbons (Fsp3) is 0.700. The van der Waals surface area contributed by atoms with Crippen LogP contribution in [0.15, 0.2) is 6.20 Å². The summed E-state index contributed by atoms with van der Waals surface area (Å²) in [7, 11) is 0. The molecule has 2 nitrogen and oxygen atoms in total. The zero-order valence-corrected chi connectivity index (χ0v) is 8.55. The summed E-state index contributed by atoms with van der Waals surface area (Å²) in [6, 6.07) is 0. The number of hydrogen-bond donors (Lipinski definition) is 0. The van der Waals surface area contributed by atoms with E-state index in [-0.39, 0.29) is 11.7 Å². The van der Waals surface area contributed by atoms with Crippen LogP contribution < -0.4 is 0 Å². The summed E-state index contributed by atoms with van der Waals surface area (Å²) >= 11 is 0. The summed E-state index contributed by atoms with van der Waals surface area (Å²) in [6.07, 6.45) is 3.48. The minimum atomic E-state index is -0.175. The maximum Gasteiger partial charge on any atom is 0.164 e. The van der Waals surface area contributed by atoms with Crippen molar-refractivity contribution in [3.8, 4) is 0 Å². The van der Waals surface area contributed by atoms with Gasteiger partial charge in [0.1, 0.15) is 0 Å². The van der Waals surface area contributed by atoms with Crippen LogP contribution in [0.2, 0.25) is 0 Å². The predicted molar refractivity (Wildman–Crippen MR) is 51.2 cm³/mol. The molecule has 1 aromatic heterocycles. The summed E-state index contributed by atoms with van der Waals surface area (Å²) in [6.45, 7) is 6.92. The molecule has 13 heavy (non-hydrogen) atoms. The lowest BCUT2D eigenvalue weighted by Gasteiger charge is -2.09. The molecule has 0 saturated heterocycles. The first-order chi connectivity index (χ1) is 6.16. The highest BCUT2D eigenvalue weighted by Crippen LogP contribution is 2.18. The average molecular weight is 184 g/mol. The molecule has 0 aliphatic rings. The molecule has 1 rings (SSSR count). The molecule has 0 atom stereocenters. The van der Waals surface area contributed by atoms with E-state index in [1.165, 1.54) is 6.20 Å². The van der Waals surface area contributed by atoms with Crippen molar-refractivity contribution in [3.05, 3.63) is 17.7 Å². The van der Waals surface area contributed by atoms with Crippen molar-refractivity contribution in [1.29, 1.82) is 0 Å². The van der Waals surface area contributed by atoms with Crippen LogP contribution in [0, 0.1) is 5.82 Å². The van der Waals surface area contributed by atoms with Gasteiger partial charge in [-0.15, -0.1) is 0 Å². The Bertz CT molecular complexity index is 266. The van der Waals surface area contributed by atoms with Gasteiger partial charge in [-0.3, -0.25) is 4.68 Å². The van der Waals surface area contributed by atoms with Gasteiger partial charge < -0.3 is 0 Å². The molecule has 74 valence electrons. The molecule has 0 aromatic carbocycles. The van der Waals surface area contributed by atoms with Crippen molar-refractivity contribution in [1.82, 2.24) is 9.78 Å². The molecule has 0 N–H and O–H groups in total. The molecule has 0 amide bonds. The van der Waals surface area contributed by atoms with Gasteiger partial charge in [-0.05, 0) is 12.3 Å². The van der Waals surface area contributed by atoms with Crippen molar-refractivity contribution in [2.24, 2.45) is 0 Å². The minimum absolute atomic E-state index is 0.175. The first-order valence-electron chi connectivity index (χ1n) is 4.88. The number of rotatable bonds is 4. The van der Waals surface area contributed by atoms with Crippen molar-refractivity contribution in [2.45, 2.75) is 46.1 Å². The standard InChI is InChI=1S/C10H17FN2/c1-4-5-6-13-10(8(2)3)9(11)7-12-13/h7-8H,4-6H2,1-3H3. The molecule has 0 bridgehead atoms. The topological polar surface area (TPSA) is 17.8 Å². The van der Waals surface area contributed by atoms with Crippen LogP contribution in [0.25, 0.3) is 0 Å². The number of nitrogens with zero attached hydrogens (tertiary/aromatic N) is 2. The number of halogens is 1. The van der Waals surface area contributed by atoms with E-state index in [0.717, 1.165) is 25.1 Å². The third kappa shape index (κ3) is 2.29. The summed E-state index contributed by atoms with van der Waals surface area (Å²) in [4.78, 5) is 0. The third-order valence-electron chi connectivity index (χ3n) is 2.10. The Morgan fingerprint density at radius 3 is 2.77 bits per heavy atom. The number of aromatic nitrogens is 2. The number of unbranched alkanes of at least 4 members (excludes halogenated alkanes) is 1. The van der Waals surface area contributed by atoms with Gasteiger partial charge in [0.2, 0.25) is 0 Å². The van der Waals surface area contributed by atoms with E-state index in [4.69, 9.17) is 0 Å².